The number of nitrogens with zero attached hydrogens (tertiary/aromatic N) is 1. The second-order valence-corrected chi connectivity index (χ2v) is 12.9. The topological polar surface area (TPSA) is 167 Å². The number of morpholine rings is 1. The van der Waals surface area contributed by atoms with Gasteiger partial charge in [0.2, 0.25) is 21.8 Å². The lowest BCUT2D eigenvalue weighted by Gasteiger charge is -2.33. The van der Waals surface area contributed by atoms with Crippen LogP contribution in [0.1, 0.15) is 63.5 Å². The molecule has 1 saturated carbocycles. The van der Waals surface area contributed by atoms with Gasteiger partial charge in [-0.15, -0.1) is 24.8 Å². The van der Waals surface area contributed by atoms with Crippen molar-refractivity contribution in [3.63, 3.8) is 0 Å². The second kappa shape index (κ2) is 17.2. The minimum absolute atomic E-state index is 0. The van der Waals surface area contributed by atoms with Gasteiger partial charge in [0.25, 0.3) is 0 Å². The molecule has 0 bridgehead atoms. The van der Waals surface area contributed by atoms with Gasteiger partial charge in [0.15, 0.2) is 0 Å². The second-order valence-electron chi connectivity index (χ2n) is 11.0. The van der Waals surface area contributed by atoms with Gasteiger partial charge in [-0.25, -0.2) is 13.1 Å². The maximum absolute atomic E-state index is 13.5. The van der Waals surface area contributed by atoms with E-state index < -0.39 is 27.5 Å². The number of nitrogens with two attached hydrogens (primary N) is 1. The summed E-state index contributed by atoms with van der Waals surface area (Å²) in [6.07, 6.45) is 4.95. The molecule has 1 saturated heterocycles. The minimum atomic E-state index is -3.70. The van der Waals surface area contributed by atoms with Crippen molar-refractivity contribution in [3.8, 4) is 0 Å². The number of hydrogen-bond acceptors (Lipinski definition) is 7. The Morgan fingerprint density at radius 1 is 1.10 bits per heavy atom. The molecule has 14 heteroatoms. The predicted molar refractivity (Wildman–Crippen MR) is 165 cm³/mol. The average Bonchev–Trinajstić information content (AvgIpc) is 2.91. The number of amides is 2. The summed E-state index contributed by atoms with van der Waals surface area (Å²) in [4.78, 5) is 28.6. The van der Waals surface area contributed by atoms with Gasteiger partial charge >= 0.3 is 0 Å². The van der Waals surface area contributed by atoms with E-state index >= 15 is 0 Å². The number of ether oxygens (including phenoxy) is 1. The van der Waals surface area contributed by atoms with Crippen LogP contribution in [0, 0.1) is 11.3 Å². The van der Waals surface area contributed by atoms with Gasteiger partial charge in [-0.1, -0.05) is 43.5 Å². The highest BCUT2D eigenvalue weighted by Gasteiger charge is 2.37. The summed E-state index contributed by atoms with van der Waals surface area (Å²) < 4.78 is 34.1. The van der Waals surface area contributed by atoms with Crippen molar-refractivity contribution in [1.82, 2.24) is 20.3 Å². The third kappa shape index (κ3) is 12.0. The summed E-state index contributed by atoms with van der Waals surface area (Å²) in [7, 11) is -3.70. The van der Waals surface area contributed by atoms with E-state index in [1.54, 1.807) is 38.1 Å². The van der Waals surface area contributed by atoms with Gasteiger partial charge in [0, 0.05) is 25.2 Å². The lowest BCUT2D eigenvalue weighted by Crippen LogP contribution is -2.60. The zero-order valence-corrected chi connectivity index (χ0v) is 26.4. The molecular formula is C27H46Cl2N6O5S. The van der Waals surface area contributed by atoms with Crippen LogP contribution in [-0.4, -0.2) is 81.1 Å². The van der Waals surface area contributed by atoms with Crippen LogP contribution >= 0.6 is 24.8 Å². The zero-order valence-electron chi connectivity index (χ0n) is 23.9. The van der Waals surface area contributed by atoms with Crippen LogP contribution in [0.5, 0.6) is 0 Å². The fourth-order valence-corrected chi connectivity index (χ4v) is 6.35. The molecule has 0 aromatic heterocycles. The number of sulfonamides is 1. The van der Waals surface area contributed by atoms with Crippen molar-refractivity contribution >= 4 is 52.5 Å². The van der Waals surface area contributed by atoms with E-state index in [1.165, 1.54) is 0 Å². The first-order valence-corrected chi connectivity index (χ1v) is 15.5. The Kier molecular flexibility index (Phi) is 15.6. The van der Waals surface area contributed by atoms with Gasteiger partial charge in [0.1, 0.15) is 17.4 Å². The molecule has 1 aliphatic heterocycles. The van der Waals surface area contributed by atoms with Crippen LogP contribution in [0.4, 0.5) is 0 Å². The summed E-state index contributed by atoms with van der Waals surface area (Å²) in [6.45, 7) is 7.01. The fraction of sp³-hybridized carbons (Fsp3) is 0.667. The molecule has 0 unspecified atom stereocenters. The molecule has 2 aliphatic rings. The number of nitrogens with one attached hydrogen (secondary N) is 4. The standard InChI is InChI=1S/C27H44N6O5S.2ClH/c1-27(2,26(35)30-19-20-9-11-22(12-10-20)24(28)29)31-25(34)23(21-7-4-3-5-8-21)32-39(36,37)18-6-13-33-14-16-38-17-15-33;;/h9-12,21,23,32H,3-8,13-19H2,1-2H3,(H3,28,29)(H,30,35)(H,31,34);2*1H/t23-;;/m1../s1. The normalized spacial score (nSPS) is 17.4. The molecule has 0 radical (unpaired) electrons. The Hall–Kier alpha value is -1.96. The SMILES string of the molecule is CC(C)(NC(=O)[C@H](NS(=O)(=O)CCCN1CCOCC1)C1CCCCC1)C(=O)NCc1ccc(C(=N)N)cc1.Cl.Cl. The fourth-order valence-electron chi connectivity index (χ4n) is 5.03. The van der Waals surface area contributed by atoms with E-state index in [0.717, 1.165) is 50.8 Å². The van der Waals surface area contributed by atoms with E-state index in [9.17, 15) is 18.0 Å². The molecule has 2 amide bonds. The third-order valence-corrected chi connectivity index (χ3v) is 8.86. The van der Waals surface area contributed by atoms with Crippen LogP contribution in [0.2, 0.25) is 0 Å². The van der Waals surface area contributed by atoms with Crippen molar-refractivity contribution in [2.45, 2.75) is 70.5 Å². The molecule has 3 rings (SSSR count). The number of amidine groups is 1. The lowest BCUT2D eigenvalue weighted by molar-refractivity contribution is -0.133. The van der Waals surface area contributed by atoms with Crippen LogP contribution < -0.4 is 21.1 Å². The number of benzene rings is 1. The van der Waals surface area contributed by atoms with Crippen LogP contribution in [0.25, 0.3) is 0 Å². The van der Waals surface area contributed by atoms with Crippen LogP contribution in [0.15, 0.2) is 24.3 Å². The minimum Gasteiger partial charge on any atom is -0.384 e. The van der Waals surface area contributed by atoms with E-state index in [0.29, 0.717) is 31.7 Å². The average molecular weight is 638 g/mol. The molecule has 2 fully saturated rings. The first-order chi connectivity index (χ1) is 18.5. The molecule has 1 atom stereocenters. The summed E-state index contributed by atoms with van der Waals surface area (Å²) in [5.41, 5.74) is 5.64. The largest absolute Gasteiger partial charge is 0.384 e. The monoisotopic (exact) mass is 636 g/mol. The maximum Gasteiger partial charge on any atom is 0.245 e. The van der Waals surface area contributed by atoms with E-state index in [4.69, 9.17) is 15.9 Å². The number of rotatable bonds is 13. The molecule has 41 heavy (non-hydrogen) atoms. The highest BCUT2D eigenvalue weighted by Crippen LogP contribution is 2.27. The third-order valence-electron chi connectivity index (χ3n) is 7.42. The van der Waals surface area contributed by atoms with Gasteiger partial charge < -0.3 is 21.1 Å². The number of carbonyl (C=O) groups is 2. The van der Waals surface area contributed by atoms with Crippen LogP contribution in [-0.2, 0) is 30.9 Å². The highest BCUT2D eigenvalue weighted by atomic mass is 35.5. The first kappa shape index (κ1) is 37.1. The Labute approximate surface area is 256 Å². The summed E-state index contributed by atoms with van der Waals surface area (Å²) in [5, 5.41) is 13.1. The Morgan fingerprint density at radius 2 is 1.71 bits per heavy atom. The molecule has 1 aromatic carbocycles. The first-order valence-electron chi connectivity index (χ1n) is 13.8. The molecule has 0 spiro atoms. The quantitative estimate of drug-likeness (QED) is 0.163. The smallest absolute Gasteiger partial charge is 0.245 e. The van der Waals surface area contributed by atoms with E-state index in [2.05, 4.69) is 20.3 Å². The number of carbonyl (C=O) groups excluding carboxylic acids is 2. The lowest BCUT2D eigenvalue weighted by atomic mass is 9.83. The van der Waals surface area contributed by atoms with Crippen molar-refractivity contribution < 1.29 is 22.7 Å². The number of halogens is 2. The Balaban J connectivity index is 0.00000420. The zero-order chi connectivity index (χ0) is 28.5. The van der Waals surface area contributed by atoms with Gasteiger partial charge in [-0.2, -0.15) is 0 Å². The van der Waals surface area contributed by atoms with Crippen molar-refractivity contribution in [2.24, 2.45) is 11.7 Å². The van der Waals surface area contributed by atoms with Crippen LogP contribution in [0.3, 0.4) is 0 Å². The molecule has 1 aliphatic carbocycles. The van der Waals surface area contributed by atoms with Crippen molar-refractivity contribution in [1.29, 1.82) is 5.41 Å². The van der Waals surface area contributed by atoms with Crippen molar-refractivity contribution in [2.75, 3.05) is 38.6 Å². The van der Waals surface area contributed by atoms with Gasteiger partial charge in [0.05, 0.1) is 19.0 Å². The van der Waals surface area contributed by atoms with Gasteiger partial charge in [-0.05, 0) is 51.1 Å². The maximum atomic E-state index is 13.5. The molecule has 1 aromatic rings. The van der Waals surface area contributed by atoms with Gasteiger partial charge in [-0.3, -0.25) is 19.9 Å². The molecule has 1 heterocycles. The number of hydrogen-bond donors (Lipinski definition) is 5. The molecule has 6 N–H and O–H groups in total. The van der Waals surface area contributed by atoms with Crippen molar-refractivity contribution in [3.05, 3.63) is 35.4 Å². The molecule has 234 valence electrons. The van der Waals surface area contributed by atoms with E-state index in [-0.39, 0.29) is 54.8 Å². The molecule has 11 nitrogen and oxygen atoms in total. The highest BCUT2D eigenvalue weighted by molar-refractivity contribution is 7.89. The molecular weight excluding hydrogens is 591 g/mol. The predicted octanol–water partition coefficient (Wildman–Crippen LogP) is 1.92. The number of nitrogen functional groups attached to an aromatic ring is 1. The Morgan fingerprint density at radius 3 is 2.29 bits per heavy atom. The van der Waals surface area contributed by atoms with E-state index in [1.807, 2.05) is 0 Å². The summed E-state index contributed by atoms with van der Waals surface area (Å²) in [5.74, 6) is -1.08. The summed E-state index contributed by atoms with van der Waals surface area (Å²) >= 11 is 0. The Bertz CT molecular complexity index is 1090. The summed E-state index contributed by atoms with van der Waals surface area (Å²) in [6, 6.07) is 6.03.